The summed E-state index contributed by atoms with van der Waals surface area (Å²) in [6.45, 7) is 2.15. The molecule has 1 aromatic carbocycles. The molecule has 1 aliphatic rings. The molecule has 1 saturated heterocycles. The summed E-state index contributed by atoms with van der Waals surface area (Å²) in [5.74, 6) is 0.142. The van der Waals surface area contributed by atoms with Crippen LogP contribution in [0, 0.1) is 0 Å². The summed E-state index contributed by atoms with van der Waals surface area (Å²) in [6.07, 6.45) is 0. The first-order valence-corrected chi connectivity index (χ1v) is 7.61. The highest BCUT2D eigenvalue weighted by Gasteiger charge is 2.18. The standard InChI is InChI=1S/C15H18N6O3/c1-20-14(17-18-19-20)11-3-2-4-12(9-11)15(23)16-10-13(22)21-5-7-24-8-6-21/h2-4,9H,5-8,10H2,1H3,(H,16,23). The number of hydrogen-bond donors (Lipinski definition) is 1. The number of aromatic nitrogens is 4. The molecule has 2 heterocycles. The van der Waals surface area contributed by atoms with E-state index >= 15 is 0 Å². The van der Waals surface area contributed by atoms with Crippen LogP contribution in [0.15, 0.2) is 24.3 Å². The Balaban J connectivity index is 1.63. The van der Waals surface area contributed by atoms with Crippen molar-refractivity contribution < 1.29 is 14.3 Å². The minimum Gasteiger partial charge on any atom is -0.378 e. The Hall–Kier alpha value is -2.81. The van der Waals surface area contributed by atoms with Crippen molar-refractivity contribution in [3.8, 4) is 11.4 Å². The fraction of sp³-hybridized carbons (Fsp3) is 0.400. The molecule has 1 aliphatic heterocycles. The van der Waals surface area contributed by atoms with E-state index in [-0.39, 0.29) is 18.4 Å². The van der Waals surface area contributed by atoms with E-state index in [9.17, 15) is 9.59 Å². The molecule has 1 fully saturated rings. The highest BCUT2D eigenvalue weighted by atomic mass is 16.5. The third-order valence-corrected chi connectivity index (χ3v) is 3.77. The van der Waals surface area contributed by atoms with E-state index in [2.05, 4.69) is 20.8 Å². The van der Waals surface area contributed by atoms with Crippen LogP contribution in [0.3, 0.4) is 0 Å². The molecule has 2 aromatic rings. The monoisotopic (exact) mass is 330 g/mol. The first-order valence-electron chi connectivity index (χ1n) is 7.61. The Kier molecular flexibility index (Phi) is 4.80. The Morgan fingerprint density at radius 1 is 1.29 bits per heavy atom. The van der Waals surface area contributed by atoms with Crippen molar-refractivity contribution in [3.05, 3.63) is 29.8 Å². The molecule has 0 aliphatic carbocycles. The summed E-state index contributed by atoms with van der Waals surface area (Å²) in [6, 6.07) is 6.95. The Labute approximate surface area is 138 Å². The minimum atomic E-state index is -0.311. The first-order chi connectivity index (χ1) is 11.6. The molecule has 0 bridgehead atoms. The maximum atomic E-state index is 12.3. The molecule has 126 valence electrons. The van der Waals surface area contributed by atoms with Crippen LogP contribution < -0.4 is 5.32 Å². The van der Waals surface area contributed by atoms with Gasteiger partial charge in [0.1, 0.15) is 0 Å². The smallest absolute Gasteiger partial charge is 0.251 e. The summed E-state index contributed by atoms with van der Waals surface area (Å²) in [5.41, 5.74) is 1.18. The number of nitrogens with one attached hydrogen (secondary N) is 1. The number of aryl methyl sites for hydroxylation is 1. The predicted octanol–water partition coefficient (Wildman–Crippen LogP) is -0.534. The molecular formula is C15H18N6O3. The lowest BCUT2D eigenvalue weighted by molar-refractivity contribution is -0.134. The number of tetrazole rings is 1. The second-order valence-corrected chi connectivity index (χ2v) is 5.38. The molecule has 1 N–H and O–H groups in total. The van der Waals surface area contributed by atoms with E-state index in [1.54, 1.807) is 30.1 Å². The Bertz CT molecular complexity index is 738. The first kappa shape index (κ1) is 16.1. The van der Waals surface area contributed by atoms with Crippen molar-refractivity contribution in [2.24, 2.45) is 7.05 Å². The number of morpholine rings is 1. The van der Waals surface area contributed by atoms with Crippen molar-refractivity contribution in [1.82, 2.24) is 30.4 Å². The zero-order valence-corrected chi connectivity index (χ0v) is 13.3. The summed E-state index contributed by atoms with van der Waals surface area (Å²) in [5, 5.41) is 13.9. The molecule has 1 aromatic heterocycles. The number of amides is 2. The lowest BCUT2D eigenvalue weighted by atomic mass is 10.1. The molecule has 9 heteroatoms. The van der Waals surface area contributed by atoms with Crippen molar-refractivity contribution >= 4 is 11.8 Å². The summed E-state index contributed by atoms with van der Waals surface area (Å²) >= 11 is 0. The normalized spacial score (nSPS) is 14.5. The summed E-state index contributed by atoms with van der Waals surface area (Å²) < 4.78 is 6.73. The quantitative estimate of drug-likeness (QED) is 0.808. The van der Waals surface area contributed by atoms with Gasteiger partial charge in [0.15, 0.2) is 5.82 Å². The molecule has 0 radical (unpaired) electrons. The molecule has 9 nitrogen and oxygen atoms in total. The Morgan fingerprint density at radius 3 is 2.79 bits per heavy atom. The van der Waals surface area contributed by atoms with E-state index in [0.29, 0.717) is 37.7 Å². The third kappa shape index (κ3) is 3.57. The van der Waals surface area contributed by atoms with Gasteiger partial charge >= 0.3 is 0 Å². The lowest BCUT2D eigenvalue weighted by Crippen LogP contribution is -2.45. The molecular weight excluding hydrogens is 312 g/mol. The van der Waals surface area contributed by atoms with Crippen molar-refractivity contribution in [3.63, 3.8) is 0 Å². The molecule has 24 heavy (non-hydrogen) atoms. The van der Waals surface area contributed by atoms with Crippen molar-refractivity contribution in [1.29, 1.82) is 0 Å². The van der Waals surface area contributed by atoms with E-state index in [1.807, 2.05) is 6.07 Å². The number of benzene rings is 1. The molecule has 3 rings (SSSR count). The highest BCUT2D eigenvalue weighted by molar-refractivity contribution is 5.97. The van der Waals surface area contributed by atoms with Crippen molar-refractivity contribution in [2.75, 3.05) is 32.8 Å². The molecule has 0 saturated carbocycles. The summed E-state index contributed by atoms with van der Waals surface area (Å²) in [4.78, 5) is 26.0. The van der Waals surface area contributed by atoms with Crippen molar-refractivity contribution in [2.45, 2.75) is 0 Å². The SMILES string of the molecule is Cn1nnnc1-c1cccc(C(=O)NCC(=O)N2CCOCC2)c1. The van der Waals surface area contributed by atoms with Gasteiger partial charge in [-0.05, 0) is 22.6 Å². The summed E-state index contributed by atoms with van der Waals surface area (Å²) in [7, 11) is 1.73. The maximum absolute atomic E-state index is 12.3. The average Bonchev–Trinajstić information content (AvgIpc) is 3.06. The van der Waals surface area contributed by atoms with Crippen LogP contribution in [0.5, 0.6) is 0 Å². The number of hydrogen-bond acceptors (Lipinski definition) is 6. The van der Waals surface area contributed by atoms with Gasteiger partial charge in [-0.15, -0.1) is 5.10 Å². The van der Waals surface area contributed by atoms with Gasteiger partial charge in [0, 0.05) is 31.3 Å². The second kappa shape index (κ2) is 7.18. The van der Waals surface area contributed by atoms with Crippen LogP contribution in [0.4, 0.5) is 0 Å². The lowest BCUT2D eigenvalue weighted by Gasteiger charge is -2.26. The number of nitrogens with zero attached hydrogens (tertiary/aromatic N) is 5. The van der Waals surface area contributed by atoms with Gasteiger partial charge in [-0.25, -0.2) is 4.68 Å². The topological polar surface area (TPSA) is 102 Å². The molecule has 0 atom stereocenters. The molecule has 0 spiro atoms. The zero-order valence-electron chi connectivity index (χ0n) is 13.3. The van der Waals surface area contributed by atoms with Gasteiger partial charge < -0.3 is 15.0 Å². The van der Waals surface area contributed by atoms with Gasteiger partial charge in [-0.3, -0.25) is 9.59 Å². The van der Waals surface area contributed by atoms with Gasteiger partial charge in [0.2, 0.25) is 5.91 Å². The van der Waals surface area contributed by atoms with E-state index in [4.69, 9.17) is 4.74 Å². The van der Waals surface area contributed by atoms with Gasteiger partial charge in [-0.1, -0.05) is 12.1 Å². The largest absolute Gasteiger partial charge is 0.378 e. The van der Waals surface area contributed by atoms with E-state index in [1.165, 1.54) is 4.68 Å². The van der Waals surface area contributed by atoms with E-state index in [0.717, 1.165) is 5.56 Å². The van der Waals surface area contributed by atoms with Gasteiger partial charge in [-0.2, -0.15) is 0 Å². The number of ether oxygens (including phenoxy) is 1. The molecule has 0 unspecified atom stereocenters. The van der Waals surface area contributed by atoms with Crippen LogP contribution in [-0.4, -0.2) is 69.8 Å². The number of carbonyl (C=O) groups excluding carboxylic acids is 2. The predicted molar refractivity (Wildman–Crippen MR) is 84.0 cm³/mol. The van der Waals surface area contributed by atoms with Crippen LogP contribution in [0.1, 0.15) is 10.4 Å². The second-order valence-electron chi connectivity index (χ2n) is 5.38. The van der Waals surface area contributed by atoms with Gasteiger partial charge in [0.05, 0.1) is 19.8 Å². The Morgan fingerprint density at radius 2 is 2.08 bits per heavy atom. The van der Waals surface area contributed by atoms with E-state index < -0.39 is 0 Å². The van der Waals surface area contributed by atoms with Crippen LogP contribution in [-0.2, 0) is 16.6 Å². The average molecular weight is 330 g/mol. The number of rotatable bonds is 4. The van der Waals surface area contributed by atoms with Crippen LogP contribution in [0.25, 0.3) is 11.4 Å². The fourth-order valence-electron chi connectivity index (χ4n) is 2.46. The third-order valence-electron chi connectivity index (χ3n) is 3.77. The van der Waals surface area contributed by atoms with Crippen LogP contribution >= 0.6 is 0 Å². The van der Waals surface area contributed by atoms with Crippen LogP contribution in [0.2, 0.25) is 0 Å². The van der Waals surface area contributed by atoms with Gasteiger partial charge in [0.25, 0.3) is 5.91 Å². The minimum absolute atomic E-state index is 0.0332. The number of carbonyl (C=O) groups is 2. The molecule has 2 amide bonds. The highest BCUT2D eigenvalue weighted by Crippen LogP contribution is 2.16. The zero-order chi connectivity index (χ0) is 16.9. The maximum Gasteiger partial charge on any atom is 0.251 e. The fourth-order valence-corrected chi connectivity index (χ4v) is 2.46.